The summed E-state index contributed by atoms with van der Waals surface area (Å²) in [4.78, 5) is 11.3. The van der Waals surface area contributed by atoms with Crippen molar-refractivity contribution in [3.63, 3.8) is 0 Å². The summed E-state index contributed by atoms with van der Waals surface area (Å²) in [6, 6.07) is 0. The fraction of sp³-hybridized carbons (Fsp3) is 0.706. The van der Waals surface area contributed by atoms with Gasteiger partial charge in [0.05, 0.1) is 12.7 Å². The molecule has 0 aromatic carbocycles. The number of hydrogen-bond donors (Lipinski definition) is 0. The molecule has 1 aliphatic heterocycles. The van der Waals surface area contributed by atoms with E-state index in [9.17, 15) is 0 Å². The number of likely N-dealkylation sites (tertiary alicyclic amines) is 1. The molecule has 1 fully saturated rings. The van der Waals surface area contributed by atoms with E-state index in [0.717, 1.165) is 49.5 Å². The molecular weight excluding hydrogens is 290 g/mol. The molecule has 3 heterocycles. The monoisotopic (exact) mass is 317 g/mol. The molecule has 0 spiro atoms. The molecule has 1 saturated heterocycles. The van der Waals surface area contributed by atoms with Crippen LogP contribution in [-0.2, 0) is 13.1 Å². The molecule has 0 bridgehead atoms. The maximum Gasteiger partial charge on any atom is 0.208 e. The Kier molecular flexibility index (Phi) is 4.80. The zero-order valence-corrected chi connectivity index (χ0v) is 14.6. The van der Waals surface area contributed by atoms with Gasteiger partial charge in [-0.25, -0.2) is 14.6 Å². The molecule has 1 atom stereocenters. The van der Waals surface area contributed by atoms with E-state index < -0.39 is 0 Å². The lowest BCUT2D eigenvalue weighted by Crippen LogP contribution is -2.37. The van der Waals surface area contributed by atoms with Gasteiger partial charge in [-0.1, -0.05) is 13.8 Å². The van der Waals surface area contributed by atoms with Crippen LogP contribution in [0, 0.1) is 19.8 Å². The van der Waals surface area contributed by atoms with Crippen molar-refractivity contribution in [1.29, 1.82) is 0 Å². The molecule has 1 unspecified atom stereocenters. The van der Waals surface area contributed by atoms with Gasteiger partial charge in [0.1, 0.15) is 17.4 Å². The van der Waals surface area contributed by atoms with Crippen LogP contribution in [0.15, 0.2) is 10.6 Å². The van der Waals surface area contributed by atoms with Crippen LogP contribution in [0.5, 0.6) is 0 Å². The lowest BCUT2D eigenvalue weighted by molar-refractivity contribution is 0.140. The molecule has 23 heavy (non-hydrogen) atoms. The Morgan fingerprint density at radius 1 is 1.35 bits per heavy atom. The molecule has 126 valence electrons. The first-order valence-electron chi connectivity index (χ1n) is 8.56. The second-order valence-electron chi connectivity index (χ2n) is 6.94. The van der Waals surface area contributed by atoms with Gasteiger partial charge in [-0.2, -0.15) is 5.10 Å². The summed E-state index contributed by atoms with van der Waals surface area (Å²) in [5, 5.41) is 4.49. The minimum Gasteiger partial charge on any atom is -0.444 e. The molecule has 2 aromatic rings. The summed E-state index contributed by atoms with van der Waals surface area (Å²) in [6.45, 7) is 12.2. The van der Waals surface area contributed by atoms with Crippen LogP contribution in [0.3, 0.4) is 0 Å². The molecule has 3 rings (SSSR count). The number of rotatable bonds is 5. The topological polar surface area (TPSA) is 60.0 Å². The Hall–Kier alpha value is -1.69. The van der Waals surface area contributed by atoms with Crippen molar-refractivity contribution in [3.05, 3.63) is 29.5 Å². The zero-order chi connectivity index (χ0) is 16.4. The van der Waals surface area contributed by atoms with Gasteiger partial charge in [0, 0.05) is 19.0 Å². The largest absolute Gasteiger partial charge is 0.444 e. The van der Waals surface area contributed by atoms with Crippen molar-refractivity contribution in [3.8, 4) is 0 Å². The molecular formula is C17H27N5O. The fourth-order valence-electron chi connectivity index (χ4n) is 3.28. The quantitative estimate of drug-likeness (QED) is 0.848. The van der Waals surface area contributed by atoms with Gasteiger partial charge in [-0.3, -0.25) is 4.90 Å². The minimum atomic E-state index is 0.392. The third-order valence-corrected chi connectivity index (χ3v) is 4.50. The lowest BCUT2D eigenvalue weighted by Gasteiger charge is -2.31. The summed E-state index contributed by atoms with van der Waals surface area (Å²) >= 11 is 0. The molecule has 0 N–H and O–H groups in total. The number of nitrogens with zero attached hydrogens (tertiary/aromatic N) is 5. The highest BCUT2D eigenvalue weighted by atomic mass is 16.4. The first-order valence-corrected chi connectivity index (χ1v) is 8.56. The maximum atomic E-state index is 5.84. The van der Waals surface area contributed by atoms with Crippen LogP contribution >= 0.6 is 0 Å². The van der Waals surface area contributed by atoms with Gasteiger partial charge in [0.2, 0.25) is 5.89 Å². The Balaban J connectivity index is 1.58. The molecule has 6 heteroatoms. The van der Waals surface area contributed by atoms with Crippen LogP contribution < -0.4 is 0 Å². The lowest BCUT2D eigenvalue weighted by atomic mass is 9.98. The van der Waals surface area contributed by atoms with E-state index in [1.54, 1.807) is 0 Å². The smallest absolute Gasteiger partial charge is 0.208 e. The second-order valence-corrected chi connectivity index (χ2v) is 6.94. The summed E-state index contributed by atoms with van der Waals surface area (Å²) in [6.07, 6.45) is 4.33. The van der Waals surface area contributed by atoms with E-state index in [1.807, 2.05) is 24.7 Å². The minimum absolute atomic E-state index is 0.392. The van der Waals surface area contributed by atoms with Crippen molar-refractivity contribution < 1.29 is 4.42 Å². The van der Waals surface area contributed by atoms with E-state index in [1.165, 1.54) is 12.8 Å². The zero-order valence-electron chi connectivity index (χ0n) is 14.6. The number of piperidine rings is 1. The second kappa shape index (κ2) is 6.83. The normalized spacial score (nSPS) is 19.6. The molecule has 0 saturated carbocycles. The van der Waals surface area contributed by atoms with E-state index >= 15 is 0 Å². The Bertz CT molecular complexity index is 645. The molecule has 1 aliphatic rings. The van der Waals surface area contributed by atoms with Gasteiger partial charge in [0.15, 0.2) is 0 Å². The van der Waals surface area contributed by atoms with Crippen LogP contribution in [0.4, 0.5) is 0 Å². The number of aryl methyl sites for hydroxylation is 2. The molecule has 0 amide bonds. The summed E-state index contributed by atoms with van der Waals surface area (Å²) in [7, 11) is 0. The summed E-state index contributed by atoms with van der Waals surface area (Å²) in [5.41, 5.74) is 0. The van der Waals surface area contributed by atoms with E-state index in [4.69, 9.17) is 4.42 Å². The van der Waals surface area contributed by atoms with Gasteiger partial charge in [-0.15, -0.1) is 0 Å². The Morgan fingerprint density at radius 2 is 2.17 bits per heavy atom. The SMILES string of the molecule is Cc1nc(C)n(CC2CCCN(Cc3ncc(C(C)C)o3)C2)n1. The van der Waals surface area contributed by atoms with Gasteiger partial charge in [-0.05, 0) is 39.2 Å². The maximum absolute atomic E-state index is 5.84. The third-order valence-electron chi connectivity index (χ3n) is 4.50. The predicted octanol–water partition coefficient (Wildman–Crippen LogP) is 2.92. The van der Waals surface area contributed by atoms with Gasteiger partial charge < -0.3 is 4.42 Å². The van der Waals surface area contributed by atoms with Crippen LogP contribution in [0.1, 0.15) is 55.9 Å². The number of aromatic nitrogens is 4. The fourth-order valence-corrected chi connectivity index (χ4v) is 3.28. The number of oxazole rings is 1. The first kappa shape index (κ1) is 16.2. The summed E-state index contributed by atoms with van der Waals surface area (Å²) in [5.74, 6) is 4.68. The van der Waals surface area contributed by atoms with Crippen LogP contribution in [-0.4, -0.2) is 37.7 Å². The summed E-state index contributed by atoms with van der Waals surface area (Å²) < 4.78 is 7.89. The molecule has 0 aliphatic carbocycles. The average Bonchev–Trinajstić information content (AvgIpc) is 3.07. The highest BCUT2D eigenvalue weighted by molar-refractivity contribution is 4.99. The Morgan fingerprint density at radius 3 is 2.83 bits per heavy atom. The van der Waals surface area contributed by atoms with E-state index in [0.29, 0.717) is 11.8 Å². The number of hydrogen-bond acceptors (Lipinski definition) is 5. The predicted molar refractivity (Wildman–Crippen MR) is 88.1 cm³/mol. The van der Waals surface area contributed by atoms with E-state index in [2.05, 4.69) is 33.8 Å². The molecule has 6 nitrogen and oxygen atoms in total. The van der Waals surface area contributed by atoms with Gasteiger partial charge in [0.25, 0.3) is 0 Å². The van der Waals surface area contributed by atoms with E-state index in [-0.39, 0.29) is 0 Å². The third kappa shape index (κ3) is 3.99. The van der Waals surface area contributed by atoms with Crippen molar-refractivity contribution in [1.82, 2.24) is 24.6 Å². The Labute approximate surface area is 137 Å². The van der Waals surface area contributed by atoms with Crippen molar-refractivity contribution in [2.75, 3.05) is 13.1 Å². The van der Waals surface area contributed by atoms with Crippen molar-refractivity contribution >= 4 is 0 Å². The highest BCUT2D eigenvalue weighted by Gasteiger charge is 2.22. The van der Waals surface area contributed by atoms with Crippen molar-refractivity contribution in [2.24, 2.45) is 5.92 Å². The standard InChI is InChI=1S/C17H27N5O/c1-12(2)16-8-18-17(23-16)11-21-7-5-6-15(9-21)10-22-14(4)19-13(3)20-22/h8,12,15H,5-7,9-11H2,1-4H3. The average molecular weight is 317 g/mol. The van der Waals surface area contributed by atoms with Crippen molar-refractivity contribution in [2.45, 2.75) is 59.5 Å². The molecule has 0 radical (unpaired) electrons. The first-order chi connectivity index (χ1) is 11.0. The van der Waals surface area contributed by atoms with Gasteiger partial charge >= 0.3 is 0 Å². The van der Waals surface area contributed by atoms with Crippen LogP contribution in [0.25, 0.3) is 0 Å². The van der Waals surface area contributed by atoms with Crippen LogP contribution in [0.2, 0.25) is 0 Å². The highest BCUT2D eigenvalue weighted by Crippen LogP contribution is 2.21. The molecule has 2 aromatic heterocycles.